The number of aryl methyl sites for hydroxylation is 2. The van der Waals surface area contributed by atoms with Crippen LogP contribution in [0.25, 0.3) is 0 Å². The zero-order chi connectivity index (χ0) is 18.1. The summed E-state index contributed by atoms with van der Waals surface area (Å²) >= 11 is 9.63. The van der Waals surface area contributed by atoms with E-state index in [9.17, 15) is 4.79 Å². The number of benzene rings is 1. The van der Waals surface area contributed by atoms with Crippen molar-refractivity contribution in [3.8, 4) is 0 Å². The molecule has 0 aliphatic carbocycles. The highest BCUT2D eigenvalue weighted by Crippen LogP contribution is 2.24. The summed E-state index contributed by atoms with van der Waals surface area (Å²) in [5.41, 5.74) is 3.01. The number of carbonyl (C=O) groups excluding carboxylic acids is 1. The summed E-state index contributed by atoms with van der Waals surface area (Å²) in [5.74, 6) is 0.228. The maximum atomic E-state index is 12.6. The molecule has 0 bridgehead atoms. The molecule has 8 heteroatoms. The highest BCUT2D eigenvalue weighted by Gasteiger charge is 2.19. The highest BCUT2D eigenvalue weighted by atomic mass is 79.9. The lowest BCUT2D eigenvalue weighted by Crippen LogP contribution is -2.15. The second-order valence-corrected chi connectivity index (χ2v) is 7.00. The molecule has 2 heterocycles. The van der Waals surface area contributed by atoms with Gasteiger partial charge in [0.2, 0.25) is 0 Å². The standard InChI is InChI=1S/C17H17BrClN5O/c1-10-15(11(2)23(3)21-10)17(25)20-16-13(18)9-24(22-16)8-12-6-4-5-7-14(12)19/h4-7,9H,8H2,1-3H3,(H,20,22,25). The van der Waals surface area contributed by atoms with Crippen molar-refractivity contribution in [1.29, 1.82) is 0 Å². The second kappa shape index (κ2) is 7.01. The average molecular weight is 423 g/mol. The molecular weight excluding hydrogens is 406 g/mol. The van der Waals surface area contributed by atoms with Crippen LogP contribution in [0.4, 0.5) is 5.82 Å². The summed E-state index contributed by atoms with van der Waals surface area (Å²) in [7, 11) is 1.81. The first-order valence-electron chi connectivity index (χ1n) is 7.64. The van der Waals surface area contributed by atoms with Gasteiger partial charge in [-0.3, -0.25) is 14.2 Å². The third-order valence-electron chi connectivity index (χ3n) is 3.98. The summed E-state index contributed by atoms with van der Waals surface area (Å²) in [6.45, 7) is 4.19. The van der Waals surface area contributed by atoms with Crippen molar-refractivity contribution < 1.29 is 4.79 Å². The summed E-state index contributed by atoms with van der Waals surface area (Å²) in [4.78, 5) is 12.6. The predicted molar refractivity (Wildman–Crippen MR) is 101 cm³/mol. The molecule has 0 atom stereocenters. The Morgan fingerprint density at radius 3 is 2.64 bits per heavy atom. The van der Waals surface area contributed by atoms with E-state index in [1.807, 2.05) is 51.4 Å². The number of nitrogens with one attached hydrogen (secondary N) is 1. The van der Waals surface area contributed by atoms with Crippen LogP contribution in [0, 0.1) is 13.8 Å². The van der Waals surface area contributed by atoms with Gasteiger partial charge < -0.3 is 5.32 Å². The minimum atomic E-state index is -0.230. The molecule has 1 amide bonds. The van der Waals surface area contributed by atoms with Crippen molar-refractivity contribution in [2.24, 2.45) is 7.05 Å². The lowest BCUT2D eigenvalue weighted by Gasteiger charge is -2.05. The van der Waals surface area contributed by atoms with Gasteiger partial charge >= 0.3 is 0 Å². The molecule has 0 aliphatic heterocycles. The molecule has 0 saturated heterocycles. The van der Waals surface area contributed by atoms with Crippen molar-refractivity contribution in [2.75, 3.05) is 5.32 Å². The minimum Gasteiger partial charge on any atom is -0.304 e. The van der Waals surface area contributed by atoms with Gasteiger partial charge in [-0.2, -0.15) is 10.2 Å². The van der Waals surface area contributed by atoms with Gasteiger partial charge in [-0.05, 0) is 41.4 Å². The number of anilines is 1. The number of halogens is 2. The molecular formula is C17H17BrClN5O. The van der Waals surface area contributed by atoms with Crippen LogP contribution in [0.1, 0.15) is 27.3 Å². The van der Waals surface area contributed by atoms with Crippen molar-refractivity contribution in [1.82, 2.24) is 19.6 Å². The van der Waals surface area contributed by atoms with E-state index < -0.39 is 0 Å². The number of aromatic nitrogens is 4. The van der Waals surface area contributed by atoms with E-state index in [4.69, 9.17) is 11.6 Å². The van der Waals surface area contributed by atoms with Crippen LogP contribution < -0.4 is 5.32 Å². The first-order chi connectivity index (χ1) is 11.9. The quantitative estimate of drug-likeness (QED) is 0.692. The lowest BCUT2D eigenvalue weighted by atomic mass is 10.2. The van der Waals surface area contributed by atoms with Crippen LogP contribution in [-0.4, -0.2) is 25.5 Å². The molecule has 1 aromatic carbocycles. The maximum Gasteiger partial charge on any atom is 0.260 e. The maximum absolute atomic E-state index is 12.6. The first-order valence-corrected chi connectivity index (χ1v) is 8.82. The Hall–Kier alpha value is -2.12. The summed E-state index contributed by atoms with van der Waals surface area (Å²) < 4.78 is 4.12. The zero-order valence-corrected chi connectivity index (χ0v) is 16.4. The molecule has 1 N–H and O–H groups in total. The summed E-state index contributed by atoms with van der Waals surface area (Å²) in [6.07, 6.45) is 1.81. The highest BCUT2D eigenvalue weighted by molar-refractivity contribution is 9.10. The van der Waals surface area contributed by atoms with Crippen molar-refractivity contribution in [2.45, 2.75) is 20.4 Å². The molecule has 0 unspecified atom stereocenters. The molecule has 3 rings (SSSR count). The van der Waals surface area contributed by atoms with E-state index >= 15 is 0 Å². The number of amides is 1. The molecule has 0 radical (unpaired) electrons. The Balaban J connectivity index is 1.81. The number of hydrogen-bond donors (Lipinski definition) is 1. The number of hydrogen-bond acceptors (Lipinski definition) is 3. The van der Waals surface area contributed by atoms with Gasteiger partial charge in [0.05, 0.1) is 22.3 Å². The Kier molecular flexibility index (Phi) is 4.96. The molecule has 0 spiro atoms. The van der Waals surface area contributed by atoms with Gasteiger partial charge in [-0.15, -0.1) is 0 Å². The van der Waals surface area contributed by atoms with E-state index in [1.165, 1.54) is 0 Å². The Bertz CT molecular complexity index is 947. The third kappa shape index (κ3) is 3.62. The molecule has 25 heavy (non-hydrogen) atoms. The van der Waals surface area contributed by atoms with Crippen LogP contribution in [0.5, 0.6) is 0 Å². The fourth-order valence-corrected chi connectivity index (χ4v) is 3.25. The molecule has 2 aromatic heterocycles. The minimum absolute atomic E-state index is 0.230. The Labute approximate surface area is 158 Å². The first kappa shape index (κ1) is 17.7. The van der Waals surface area contributed by atoms with Crippen LogP contribution in [0.3, 0.4) is 0 Å². The van der Waals surface area contributed by atoms with Crippen molar-refractivity contribution >= 4 is 39.3 Å². The van der Waals surface area contributed by atoms with Gasteiger partial charge in [0, 0.05) is 24.0 Å². The van der Waals surface area contributed by atoms with Crippen LogP contribution in [0.2, 0.25) is 5.02 Å². The topological polar surface area (TPSA) is 64.7 Å². The van der Waals surface area contributed by atoms with E-state index in [0.29, 0.717) is 33.1 Å². The monoisotopic (exact) mass is 421 g/mol. The zero-order valence-electron chi connectivity index (χ0n) is 14.0. The van der Waals surface area contributed by atoms with Gasteiger partial charge in [0.25, 0.3) is 5.91 Å². The van der Waals surface area contributed by atoms with Crippen molar-refractivity contribution in [3.63, 3.8) is 0 Å². The molecule has 3 aromatic rings. The summed E-state index contributed by atoms with van der Waals surface area (Å²) in [6, 6.07) is 7.59. The van der Waals surface area contributed by atoms with E-state index in [2.05, 4.69) is 31.4 Å². The van der Waals surface area contributed by atoms with Crippen LogP contribution >= 0.6 is 27.5 Å². The summed E-state index contributed by atoms with van der Waals surface area (Å²) in [5, 5.41) is 12.2. The Morgan fingerprint density at radius 1 is 1.28 bits per heavy atom. The molecule has 0 aliphatic rings. The predicted octanol–water partition coefficient (Wildman–Crippen LogP) is 3.95. The van der Waals surface area contributed by atoms with Crippen LogP contribution in [0.15, 0.2) is 34.9 Å². The fraction of sp³-hybridized carbons (Fsp3) is 0.235. The normalized spacial score (nSPS) is 10.9. The van der Waals surface area contributed by atoms with Gasteiger partial charge in [0.15, 0.2) is 5.82 Å². The number of rotatable bonds is 4. The average Bonchev–Trinajstić information content (AvgIpc) is 3.01. The van der Waals surface area contributed by atoms with Gasteiger partial charge in [0.1, 0.15) is 0 Å². The van der Waals surface area contributed by atoms with E-state index in [0.717, 1.165) is 11.3 Å². The van der Waals surface area contributed by atoms with Crippen LogP contribution in [-0.2, 0) is 13.6 Å². The second-order valence-electron chi connectivity index (χ2n) is 5.74. The molecule has 6 nitrogen and oxygen atoms in total. The number of nitrogens with zero attached hydrogens (tertiary/aromatic N) is 4. The smallest absolute Gasteiger partial charge is 0.260 e. The largest absolute Gasteiger partial charge is 0.304 e. The van der Waals surface area contributed by atoms with Crippen molar-refractivity contribution in [3.05, 3.63) is 62.5 Å². The molecule has 130 valence electrons. The fourth-order valence-electron chi connectivity index (χ4n) is 2.64. The SMILES string of the molecule is Cc1nn(C)c(C)c1C(=O)Nc1nn(Cc2ccccc2Cl)cc1Br. The van der Waals surface area contributed by atoms with E-state index in [1.54, 1.807) is 9.36 Å². The lowest BCUT2D eigenvalue weighted by molar-refractivity contribution is 0.102. The van der Waals surface area contributed by atoms with E-state index in [-0.39, 0.29) is 5.91 Å². The molecule has 0 saturated carbocycles. The van der Waals surface area contributed by atoms with Gasteiger partial charge in [-0.1, -0.05) is 29.8 Å². The molecule has 0 fully saturated rings. The Morgan fingerprint density at radius 2 is 2.00 bits per heavy atom. The number of carbonyl (C=O) groups is 1. The van der Waals surface area contributed by atoms with Gasteiger partial charge in [-0.25, -0.2) is 0 Å². The third-order valence-corrected chi connectivity index (χ3v) is 4.92.